The second kappa shape index (κ2) is 3.58. The zero-order chi connectivity index (χ0) is 9.10. The van der Waals surface area contributed by atoms with Crippen LogP contribution in [0.4, 0.5) is 0 Å². The van der Waals surface area contributed by atoms with E-state index in [4.69, 9.17) is 4.42 Å². The Kier molecular flexibility index (Phi) is 2.27. The second-order valence-electron chi connectivity index (χ2n) is 3.05. The SMILES string of the molecule is O=C1C=CCNC1Cc1ccco1. The molecule has 1 aliphatic rings. The summed E-state index contributed by atoms with van der Waals surface area (Å²) in [5.41, 5.74) is 0. The van der Waals surface area contributed by atoms with Crippen LogP contribution in [0.25, 0.3) is 0 Å². The number of ketones is 1. The maximum absolute atomic E-state index is 11.3. The van der Waals surface area contributed by atoms with Crippen LogP contribution in [0.1, 0.15) is 5.76 Å². The third kappa shape index (κ3) is 1.87. The summed E-state index contributed by atoms with van der Waals surface area (Å²) >= 11 is 0. The van der Waals surface area contributed by atoms with Gasteiger partial charge in [-0.05, 0) is 18.2 Å². The third-order valence-electron chi connectivity index (χ3n) is 2.09. The lowest BCUT2D eigenvalue weighted by atomic mass is 10.0. The molecule has 0 saturated carbocycles. The zero-order valence-corrected chi connectivity index (χ0v) is 7.19. The monoisotopic (exact) mass is 177 g/mol. The molecule has 2 heterocycles. The van der Waals surface area contributed by atoms with Crippen molar-refractivity contribution < 1.29 is 9.21 Å². The highest BCUT2D eigenvalue weighted by molar-refractivity contribution is 5.95. The normalized spacial score (nSPS) is 22.2. The molecule has 0 spiro atoms. The summed E-state index contributed by atoms with van der Waals surface area (Å²) in [6.45, 7) is 0.761. The first-order chi connectivity index (χ1) is 6.36. The van der Waals surface area contributed by atoms with Gasteiger partial charge in [-0.2, -0.15) is 0 Å². The molecule has 3 nitrogen and oxygen atoms in total. The Morgan fingerprint density at radius 1 is 1.62 bits per heavy atom. The minimum absolute atomic E-state index is 0.115. The highest BCUT2D eigenvalue weighted by Gasteiger charge is 2.18. The van der Waals surface area contributed by atoms with E-state index in [-0.39, 0.29) is 11.8 Å². The summed E-state index contributed by atoms with van der Waals surface area (Å²) in [5.74, 6) is 0.976. The maximum atomic E-state index is 11.3. The summed E-state index contributed by atoms with van der Waals surface area (Å²) < 4.78 is 5.17. The first kappa shape index (κ1) is 8.26. The highest BCUT2D eigenvalue weighted by atomic mass is 16.3. The van der Waals surface area contributed by atoms with E-state index in [1.54, 1.807) is 12.3 Å². The Morgan fingerprint density at radius 2 is 2.54 bits per heavy atom. The van der Waals surface area contributed by atoms with Crippen molar-refractivity contribution >= 4 is 5.78 Å². The van der Waals surface area contributed by atoms with Gasteiger partial charge in [-0.15, -0.1) is 0 Å². The van der Waals surface area contributed by atoms with Crippen molar-refractivity contribution in [3.8, 4) is 0 Å². The number of furan rings is 1. The van der Waals surface area contributed by atoms with Crippen LogP contribution in [0.3, 0.4) is 0 Å². The van der Waals surface area contributed by atoms with Gasteiger partial charge in [0.15, 0.2) is 5.78 Å². The summed E-state index contributed by atoms with van der Waals surface area (Å²) in [6.07, 6.45) is 5.72. The fraction of sp³-hybridized carbons (Fsp3) is 0.300. The highest BCUT2D eigenvalue weighted by Crippen LogP contribution is 2.07. The van der Waals surface area contributed by atoms with Gasteiger partial charge in [-0.1, -0.05) is 6.08 Å². The van der Waals surface area contributed by atoms with Crippen LogP contribution >= 0.6 is 0 Å². The zero-order valence-electron chi connectivity index (χ0n) is 7.19. The molecule has 1 aromatic rings. The van der Waals surface area contributed by atoms with Gasteiger partial charge in [0.05, 0.1) is 12.3 Å². The number of carbonyl (C=O) groups is 1. The molecule has 0 fully saturated rings. The fourth-order valence-corrected chi connectivity index (χ4v) is 1.40. The van der Waals surface area contributed by atoms with Gasteiger partial charge in [0.2, 0.25) is 0 Å². The van der Waals surface area contributed by atoms with Crippen molar-refractivity contribution in [3.05, 3.63) is 36.3 Å². The molecule has 1 aromatic heterocycles. The Balaban J connectivity index is 2.02. The molecule has 68 valence electrons. The summed E-state index contributed by atoms with van der Waals surface area (Å²) in [5, 5.41) is 3.11. The number of hydrogen-bond donors (Lipinski definition) is 1. The molecule has 1 N–H and O–H groups in total. The molecule has 13 heavy (non-hydrogen) atoms. The molecule has 1 aliphatic heterocycles. The van der Waals surface area contributed by atoms with Crippen LogP contribution in [-0.4, -0.2) is 18.4 Å². The summed E-state index contributed by atoms with van der Waals surface area (Å²) in [6, 6.07) is 3.60. The topological polar surface area (TPSA) is 42.2 Å². The second-order valence-corrected chi connectivity index (χ2v) is 3.05. The van der Waals surface area contributed by atoms with Gasteiger partial charge in [-0.25, -0.2) is 0 Å². The molecule has 1 atom stereocenters. The lowest BCUT2D eigenvalue weighted by Crippen LogP contribution is -2.40. The summed E-state index contributed by atoms with van der Waals surface area (Å²) in [4.78, 5) is 11.3. The van der Waals surface area contributed by atoms with Crippen molar-refractivity contribution in [2.45, 2.75) is 12.5 Å². The standard InChI is InChI=1S/C10H11NO2/c12-10-4-1-5-11-9(10)7-8-3-2-6-13-8/h1-4,6,9,11H,5,7H2. The number of hydrogen-bond acceptors (Lipinski definition) is 3. The van der Waals surface area contributed by atoms with Gasteiger partial charge in [-0.3, -0.25) is 4.79 Å². The van der Waals surface area contributed by atoms with Gasteiger partial charge in [0.1, 0.15) is 5.76 Å². The predicted octanol–water partition coefficient (Wildman–Crippen LogP) is 0.919. The van der Waals surface area contributed by atoms with E-state index in [9.17, 15) is 4.79 Å². The van der Waals surface area contributed by atoms with Crippen LogP contribution < -0.4 is 5.32 Å². The van der Waals surface area contributed by atoms with Crippen molar-refractivity contribution in [3.63, 3.8) is 0 Å². The van der Waals surface area contributed by atoms with Crippen molar-refractivity contribution in [2.75, 3.05) is 6.54 Å². The molecule has 1 unspecified atom stereocenters. The molecule has 0 aromatic carbocycles. The van der Waals surface area contributed by atoms with Gasteiger partial charge in [0, 0.05) is 13.0 Å². The van der Waals surface area contributed by atoms with E-state index >= 15 is 0 Å². The average Bonchev–Trinajstić information content (AvgIpc) is 2.61. The first-order valence-corrected chi connectivity index (χ1v) is 4.32. The molecule has 0 bridgehead atoms. The van der Waals surface area contributed by atoms with Crippen LogP contribution in [0.5, 0.6) is 0 Å². The Labute approximate surface area is 76.4 Å². The summed E-state index contributed by atoms with van der Waals surface area (Å²) in [7, 11) is 0. The van der Waals surface area contributed by atoms with Crippen LogP contribution in [-0.2, 0) is 11.2 Å². The Morgan fingerprint density at radius 3 is 3.23 bits per heavy atom. The maximum Gasteiger partial charge on any atom is 0.172 e. The predicted molar refractivity (Wildman–Crippen MR) is 48.3 cm³/mol. The minimum Gasteiger partial charge on any atom is -0.469 e. The molecular weight excluding hydrogens is 166 g/mol. The van der Waals surface area contributed by atoms with E-state index < -0.39 is 0 Å². The quantitative estimate of drug-likeness (QED) is 0.730. The number of nitrogens with one attached hydrogen (secondary N) is 1. The molecule has 0 radical (unpaired) electrons. The molecule has 0 amide bonds. The molecule has 2 rings (SSSR count). The first-order valence-electron chi connectivity index (χ1n) is 4.32. The molecule has 0 saturated heterocycles. The molecular formula is C10H11NO2. The number of carbonyl (C=O) groups excluding carboxylic acids is 1. The van der Waals surface area contributed by atoms with E-state index in [2.05, 4.69) is 5.32 Å². The molecule has 3 heteroatoms. The van der Waals surface area contributed by atoms with Crippen molar-refractivity contribution in [1.29, 1.82) is 0 Å². The number of rotatable bonds is 2. The lowest BCUT2D eigenvalue weighted by Gasteiger charge is -2.16. The van der Waals surface area contributed by atoms with Crippen molar-refractivity contribution in [2.24, 2.45) is 0 Å². The lowest BCUT2D eigenvalue weighted by molar-refractivity contribution is -0.116. The van der Waals surface area contributed by atoms with Gasteiger partial charge in [0.25, 0.3) is 0 Å². The fourth-order valence-electron chi connectivity index (χ4n) is 1.40. The van der Waals surface area contributed by atoms with E-state index in [1.807, 2.05) is 18.2 Å². The Bertz CT molecular complexity index is 314. The van der Waals surface area contributed by atoms with Crippen LogP contribution in [0.15, 0.2) is 35.0 Å². The largest absolute Gasteiger partial charge is 0.469 e. The third-order valence-corrected chi connectivity index (χ3v) is 2.09. The van der Waals surface area contributed by atoms with E-state index in [1.165, 1.54) is 0 Å². The van der Waals surface area contributed by atoms with Crippen LogP contribution in [0.2, 0.25) is 0 Å². The van der Waals surface area contributed by atoms with Crippen molar-refractivity contribution in [1.82, 2.24) is 5.32 Å². The van der Waals surface area contributed by atoms with Crippen LogP contribution in [0, 0.1) is 0 Å². The van der Waals surface area contributed by atoms with Gasteiger partial charge < -0.3 is 9.73 Å². The minimum atomic E-state index is -0.115. The van der Waals surface area contributed by atoms with Gasteiger partial charge >= 0.3 is 0 Å². The van der Waals surface area contributed by atoms with E-state index in [0.29, 0.717) is 6.42 Å². The molecule has 0 aliphatic carbocycles. The average molecular weight is 177 g/mol. The smallest absolute Gasteiger partial charge is 0.172 e. The van der Waals surface area contributed by atoms with E-state index in [0.717, 1.165) is 12.3 Å². The Hall–Kier alpha value is -1.35.